The summed E-state index contributed by atoms with van der Waals surface area (Å²) in [5.74, 6) is -0.0552. The van der Waals surface area contributed by atoms with Crippen LogP contribution in [0.25, 0.3) is 21.5 Å². The molecule has 0 saturated carbocycles. The van der Waals surface area contributed by atoms with Crippen molar-refractivity contribution in [3.63, 3.8) is 0 Å². The number of aliphatic hydroxyl groups excluding tert-OH is 1. The van der Waals surface area contributed by atoms with E-state index in [1.54, 1.807) is 11.3 Å². The van der Waals surface area contributed by atoms with Crippen LogP contribution in [0.1, 0.15) is 113 Å². The largest absolute Gasteiger partial charge is 0.391 e. The summed E-state index contributed by atoms with van der Waals surface area (Å²) < 4.78 is 16.9. The molecule has 17 heteroatoms. The third-order valence-electron chi connectivity index (χ3n) is 15.9. The number of fused-ring (bicyclic) bond motifs is 1. The number of hydrogen-bond acceptors (Lipinski definition) is 11. The maximum atomic E-state index is 14.7. The first kappa shape index (κ1) is 53.7. The number of hydrogen-bond donors (Lipinski definition) is 4. The van der Waals surface area contributed by atoms with Crippen LogP contribution in [-0.4, -0.2) is 131 Å². The van der Waals surface area contributed by atoms with E-state index in [0.717, 1.165) is 147 Å². The second-order valence-electron chi connectivity index (χ2n) is 22.9. The number of likely N-dealkylation sites (tertiary alicyclic amines) is 1. The number of unbranched alkanes of at least 4 members (excludes halogenated alkanes) is 5. The van der Waals surface area contributed by atoms with Crippen LogP contribution in [-0.2, 0) is 20.9 Å². The lowest BCUT2D eigenvalue weighted by molar-refractivity contribution is -0.144. The molecule has 4 fully saturated rings. The number of nitrogens with zero attached hydrogens (tertiary/aromatic N) is 7. The number of benzene rings is 3. The smallest absolute Gasteiger partial charge is 0.246 e. The van der Waals surface area contributed by atoms with Crippen molar-refractivity contribution in [1.82, 2.24) is 40.3 Å². The Hall–Kier alpha value is -5.13. The van der Waals surface area contributed by atoms with E-state index in [4.69, 9.17) is 16.6 Å². The SMILES string of the molecule is Cc1cc(Cn2c(N3CC4(CNC4)C3)nc3c(N4CCN(CCCCCCCCC(=O)NC(C(=O)N5CC(O)CC5C(=O)NC(C)c5ccc(-c6scnc6C)cc5)C(C)(C)C)CC4)cc(Cl)cc32)cc(C)c1F. The zero-order valence-electron chi connectivity index (χ0n) is 44.4. The number of aromatic nitrogens is 3. The van der Waals surface area contributed by atoms with Gasteiger partial charge in [-0.25, -0.2) is 14.4 Å². The molecule has 3 aromatic carbocycles. The van der Waals surface area contributed by atoms with Gasteiger partial charge in [-0.15, -0.1) is 11.3 Å². The van der Waals surface area contributed by atoms with Gasteiger partial charge in [-0.3, -0.25) is 19.3 Å². The molecule has 4 aliphatic rings. The molecule has 0 radical (unpaired) electrons. The highest BCUT2D eigenvalue weighted by molar-refractivity contribution is 7.13. The molecule has 4 N–H and O–H groups in total. The van der Waals surface area contributed by atoms with E-state index in [9.17, 15) is 23.9 Å². The van der Waals surface area contributed by atoms with E-state index < -0.39 is 23.6 Å². The van der Waals surface area contributed by atoms with Crippen molar-refractivity contribution in [3.05, 3.63) is 92.8 Å². The number of aryl methyl sites for hydroxylation is 3. The number of anilines is 2. The van der Waals surface area contributed by atoms with Crippen LogP contribution >= 0.6 is 22.9 Å². The molecule has 3 amide bonds. The summed E-state index contributed by atoms with van der Waals surface area (Å²) in [5, 5.41) is 20.9. The maximum absolute atomic E-state index is 14.7. The van der Waals surface area contributed by atoms with Crippen LogP contribution in [0.15, 0.2) is 54.0 Å². The van der Waals surface area contributed by atoms with Gasteiger partial charge >= 0.3 is 0 Å². The predicted octanol–water partition coefficient (Wildman–Crippen LogP) is 8.56. The number of aliphatic hydroxyl groups is 1. The van der Waals surface area contributed by atoms with Gasteiger partial charge in [-0.2, -0.15) is 0 Å². The lowest BCUT2D eigenvalue weighted by Gasteiger charge is -2.56. The molecule has 2 aromatic heterocycles. The van der Waals surface area contributed by atoms with Crippen molar-refractivity contribution in [2.24, 2.45) is 10.8 Å². The minimum absolute atomic E-state index is 0.0341. The Morgan fingerprint density at radius 2 is 1.59 bits per heavy atom. The van der Waals surface area contributed by atoms with Gasteiger partial charge < -0.3 is 40.3 Å². The molecule has 74 heavy (non-hydrogen) atoms. The second kappa shape index (κ2) is 22.6. The van der Waals surface area contributed by atoms with Crippen molar-refractivity contribution < 1.29 is 23.9 Å². The minimum atomic E-state index is -0.851. The molecule has 0 bridgehead atoms. The first-order chi connectivity index (χ1) is 35.4. The van der Waals surface area contributed by atoms with Crippen LogP contribution in [0, 0.1) is 37.4 Å². The van der Waals surface area contributed by atoms with E-state index in [-0.39, 0.29) is 42.5 Å². The van der Waals surface area contributed by atoms with Crippen LogP contribution < -0.4 is 25.8 Å². The minimum Gasteiger partial charge on any atom is -0.391 e. The Labute approximate surface area is 445 Å². The van der Waals surface area contributed by atoms with Gasteiger partial charge in [-0.05, 0) is 92.4 Å². The molecule has 4 unspecified atom stereocenters. The molecule has 398 valence electrons. The van der Waals surface area contributed by atoms with Crippen LogP contribution in [0.4, 0.5) is 16.0 Å². The number of β-amino-alcohol motifs (C(OH)–C–C–N with tert-alkyl or cyclic N) is 1. The first-order valence-corrected chi connectivity index (χ1v) is 28.1. The standard InChI is InChI=1S/C57H76ClFN10O4S/c1-36-24-40(25-37(2)49(36)59)29-69-46-27-43(58)26-45(50(46)64-55(69)67-33-57(34-67)31-60-32-57)66-22-20-65(21-23-66)19-13-11-9-8-10-12-14-48(71)63-52(56(5,6)7)54(73)68-30-44(70)28-47(68)53(72)62-38(3)41-15-17-42(18-16-41)51-39(4)61-35-74-51/h15-18,24-27,35,38,44,47,52,60,70H,8-14,19-23,28-34H2,1-7H3,(H,62,72)(H,63,71). The van der Waals surface area contributed by atoms with E-state index >= 15 is 0 Å². The van der Waals surface area contributed by atoms with Gasteiger partial charge in [0, 0.05) is 82.2 Å². The van der Waals surface area contributed by atoms with Crippen molar-refractivity contribution in [2.45, 2.75) is 131 Å². The number of rotatable bonds is 19. The number of halogens is 2. The molecule has 0 aliphatic carbocycles. The van der Waals surface area contributed by atoms with Crippen LogP contribution in [0.3, 0.4) is 0 Å². The van der Waals surface area contributed by atoms with E-state index in [0.29, 0.717) is 34.5 Å². The molecule has 5 aromatic rings. The quantitative estimate of drug-likeness (QED) is 0.0593. The Morgan fingerprint density at radius 1 is 0.919 bits per heavy atom. The van der Waals surface area contributed by atoms with Crippen LogP contribution in [0.2, 0.25) is 5.02 Å². The predicted molar refractivity (Wildman–Crippen MR) is 295 cm³/mol. The summed E-state index contributed by atoms with van der Waals surface area (Å²) in [5.41, 5.74) is 9.90. The number of imidazole rings is 1. The van der Waals surface area contributed by atoms with Crippen LogP contribution in [0.5, 0.6) is 0 Å². The number of thiazole rings is 1. The number of carbonyl (C=O) groups is 3. The topological polar surface area (TPSA) is 151 Å². The number of nitrogens with one attached hydrogen (secondary N) is 3. The van der Waals surface area contributed by atoms with Gasteiger partial charge in [-0.1, -0.05) is 94.5 Å². The molecular formula is C57H76ClFN10O4S. The summed E-state index contributed by atoms with van der Waals surface area (Å²) in [6.45, 7) is 22.7. The third kappa shape index (κ3) is 11.9. The monoisotopic (exact) mass is 1050 g/mol. The summed E-state index contributed by atoms with van der Waals surface area (Å²) >= 11 is 8.49. The van der Waals surface area contributed by atoms with Gasteiger partial charge in [0.2, 0.25) is 23.7 Å². The Balaban J connectivity index is 0.706. The molecule has 9 rings (SSSR count). The highest BCUT2D eigenvalue weighted by Gasteiger charge is 2.49. The van der Waals surface area contributed by atoms with Crippen molar-refractivity contribution in [2.75, 3.05) is 75.2 Å². The average molecular weight is 1050 g/mol. The fourth-order valence-corrected chi connectivity index (χ4v) is 12.5. The zero-order chi connectivity index (χ0) is 52.5. The van der Waals surface area contributed by atoms with E-state index in [1.165, 1.54) is 4.90 Å². The summed E-state index contributed by atoms with van der Waals surface area (Å²) in [6, 6.07) is 14.0. The lowest BCUT2D eigenvalue weighted by Crippen LogP contribution is -2.71. The van der Waals surface area contributed by atoms with Gasteiger partial charge in [0.05, 0.1) is 46.0 Å². The van der Waals surface area contributed by atoms with Gasteiger partial charge in [0.25, 0.3) is 0 Å². The second-order valence-corrected chi connectivity index (χ2v) is 24.2. The van der Waals surface area contributed by atoms with Crippen molar-refractivity contribution in [1.29, 1.82) is 0 Å². The first-order valence-electron chi connectivity index (χ1n) is 26.8. The third-order valence-corrected chi connectivity index (χ3v) is 17.0. The average Bonchev–Trinajstić information content (AvgIpc) is 4.05. The number of piperazine rings is 1. The van der Waals surface area contributed by atoms with Crippen molar-refractivity contribution in [3.8, 4) is 10.4 Å². The number of carbonyl (C=O) groups excluding carboxylic acids is 3. The normalized spacial score (nSPS) is 19.7. The molecule has 14 nitrogen and oxygen atoms in total. The fraction of sp³-hybridized carbons (Fsp3) is 0.561. The lowest BCUT2D eigenvalue weighted by atomic mass is 9.75. The van der Waals surface area contributed by atoms with E-state index in [1.807, 2.05) is 96.4 Å². The highest BCUT2D eigenvalue weighted by atomic mass is 35.5. The Morgan fingerprint density at radius 3 is 2.23 bits per heavy atom. The summed E-state index contributed by atoms with van der Waals surface area (Å²) in [4.78, 5) is 60.9. The summed E-state index contributed by atoms with van der Waals surface area (Å²) in [6.07, 6.45) is 5.65. The Kier molecular flexibility index (Phi) is 16.4. The van der Waals surface area contributed by atoms with Gasteiger partial charge in [0.15, 0.2) is 0 Å². The highest BCUT2D eigenvalue weighted by Crippen LogP contribution is 2.41. The molecule has 4 saturated heterocycles. The molecule has 4 atom stereocenters. The Bertz CT molecular complexity index is 2790. The maximum Gasteiger partial charge on any atom is 0.246 e. The summed E-state index contributed by atoms with van der Waals surface area (Å²) in [7, 11) is 0. The van der Waals surface area contributed by atoms with E-state index in [2.05, 4.69) is 46.3 Å². The van der Waals surface area contributed by atoms with Crippen molar-refractivity contribution >= 4 is 63.3 Å². The molecule has 4 aliphatic heterocycles. The molecular weight excluding hydrogens is 975 g/mol. The molecule has 6 heterocycles. The number of amides is 3. The molecule has 1 spiro atoms. The fourth-order valence-electron chi connectivity index (χ4n) is 11.5. The zero-order valence-corrected chi connectivity index (χ0v) is 46.0. The van der Waals surface area contributed by atoms with Gasteiger partial charge in [0.1, 0.15) is 23.4 Å².